The van der Waals surface area contributed by atoms with Crippen molar-refractivity contribution in [2.75, 3.05) is 25.4 Å². The van der Waals surface area contributed by atoms with Crippen LogP contribution in [0.2, 0.25) is 0 Å². The number of imide groups is 1. The van der Waals surface area contributed by atoms with Crippen molar-refractivity contribution in [1.82, 2.24) is 14.5 Å². The maximum absolute atomic E-state index is 12.5. The Balaban J connectivity index is 1.50. The fourth-order valence-corrected chi connectivity index (χ4v) is 5.37. The summed E-state index contributed by atoms with van der Waals surface area (Å²) in [5.41, 5.74) is 0.965. The van der Waals surface area contributed by atoms with Crippen molar-refractivity contribution in [2.45, 2.75) is 50.0 Å². The predicted octanol–water partition coefficient (Wildman–Crippen LogP) is 1.95. The van der Waals surface area contributed by atoms with E-state index in [1.165, 1.54) is 4.90 Å². The molecule has 3 rings (SSSR count). The predicted molar refractivity (Wildman–Crippen MR) is 115 cm³/mol. The molecule has 1 aromatic rings. The van der Waals surface area contributed by atoms with Gasteiger partial charge in [-0.3, -0.25) is 19.3 Å². The van der Waals surface area contributed by atoms with E-state index in [4.69, 9.17) is 0 Å². The van der Waals surface area contributed by atoms with Gasteiger partial charge in [0.2, 0.25) is 21.8 Å². The first-order chi connectivity index (χ1) is 14.0. The highest BCUT2D eigenvalue weighted by Gasteiger charge is 2.40. The second kappa shape index (κ2) is 8.68. The molecular weight excluding hydrogens is 426 g/mol. The van der Waals surface area contributed by atoms with Gasteiger partial charge in [-0.25, -0.2) is 13.1 Å². The van der Waals surface area contributed by atoms with Gasteiger partial charge in [0.1, 0.15) is 0 Å². The van der Waals surface area contributed by atoms with Crippen molar-refractivity contribution in [2.24, 2.45) is 0 Å². The molecule has 0 aromatic heterocycles. The van der Waals surface area contributed by atoms with Gasteiger partial charge in [-0.2, -0.15) is 0 Å². The molecule has 1 aromatic carbocycles. The van der Waals surface area contributed by atoms with E-state index < -0.39 is 10.0 Å². The lowest BCUT2D eigenvalue weighted by Crippen LogP contribution is -2.42. The molecule has 0 bridgehead atoms. The lowest BCUT2D eigenvalue weighted by molar-refractivity contribution is -0.131. The Labute approximate surface area is 181 Å². The second-order valence-corrected chi connectivity index (χ2v) is 11.2. The van der Waals surface area contributed by atoms with Crippen LogP contribution in [-0.2, 0) is 25.0 Å². The first-order valence-electron chi connectivity index (χ1n) is 9.86. The minimum Gasteiger partial charge on any atom is -0.340 e. The molecule has 164 valence electrons. The Hall–Kier alpha value is -1.91. The van der Waals surface area contributed by atoms with Gasteiger partial charge in [-0.05, 0) is 29.5 Å². The average Bonchev–Trinajstić information content (AvgIpc) is 3.27. The summed E-state index contributed by atoms with van der Waals surface area (Å²) in [5.74, 6) is -0.258. The highest BCUT2D eigenvalue weighted by atomic mass is 32.2. The maximum atomic E-state index is 12.5. The normalized spacial score (nSPS) is 20.3. The lowest BCUT2D eigenvalue weighted by atomic mass is 9.87. The highest BCUT2D eigenvalue weighted by molar-refractivity contribution is 8.14. The van der Waals surface area contributed by atoms with Gasteiger partial charge in [0.15, 0.2) is 0 Å². The van der Waals surface area contributed by atoms with Crippen molar-refractivity contribution in [1.29, 1.82) is 0 Å². The van der Waals surface area contributed by atoms with Gasteiger partial charge in [-0.1, -0.05) is 44.7 Å². The molecule has 2 aliphatic heterocycles. The van der Waals surface area contributed by atoms with Gasteiger partial charge in [0, 0.05) is 26.1 Å². The van der Waals surface area contributed by atoms with Crippen LogP contribution in [0.15, 0.2) is 29.2 Å². The van der Waals surface area contributed by atoms with E-state index in [9.17, 15) is 22.8 Å². The third-order valence-electron chi connectivity index (χ3n) is 5.33. The highest BCUT2D eigenvalue weighted by Crippen LogP contribution is 2.26. The second-order valence-electron chi connectivity index (χ2n) is 8.52. The van der Waals surface area contributed by atoms with Gasteiger partial charge < -0.3 is 4.90 Å². The molecular formula is C20H27N3O5S2. The number of thioether (sulfide) groups is 1. The quantitative estimate of drug-likeness (QED) is 0.706. The molecule has 1 atom stereocenters. The van der Waals surface area contributed by atoms with Crippen molar-refractivity contribution >= 4 is 38.8 Å². The molecule has 10 heteroatoms. The molecule has 0 spiro atoms. The molecule has 1 N–H and O–H groups in total. The smallest absolute Gasteiger partial charge is 0.289 e. The van der Waals surface area contributed by atoms with E-state index in [0.717, 1.165) is 17.3 Å². The van der Waals surface area contributed by atoms with Gasteiger partial charge in [0.05, 0.1) is 16.7 Å². The summed E-state index contributed by atoms with van der Waals surface area (Å²) in [4.78, 5) is 39.1. The number of hydrogen-bond acceptors (Lipinski definition) is 6. The largest absolute Gasteiger partial charge is 0.340 e. The van der Waals surface area contributed by atoms with Crippen LogP contribution in [-0.4, -0.2) is 66.7 Å². The number of carbonyl (C=O) groups excluding carboxylic acids is 3. The summed E-state index contributed by atoms with van der Waals surface area (Å²) < 4.78 is 27.4. The van der Waals surface area contributed by atoms with Crippen LogP contribution in [0.25, 0.3) is 0 Å². The van der Waals surface area contributed by atoms with Gasteiger partial charge in [0.25, 0.3) is 5.24 Å². The third-order valence-corrected chi connectivity index (χ3v) is 7.64. The minimum absolute atomic E-state index is 0.0131. The lowest BCUT2D eigenvalue weighted by Gasteiger charge is -2.22. The van der Waals surface area contributed by atoms with E-state index in [1.807, 2.05) is 0 Å². The topological polar surface area (TPSA) is 104 Å². The van der Waals surface area contributed by atoms with Crippen LogP contribution in [0.4, 0.5) is 4.79 Å². The number of sulfonamides is 1. The van der Waals surface area contributed by atoms with Crippen molar-refractivity contribution in [3.8, 4) is 0 Å². The van der Waals surface area contributed by atoms with Crippen LogP contribution in [0, 0.1) is 0 Å². The Bertz CT molecular complexity index is 922. The summed E-state index contributed by atoms with van der Waals surface area (Å²) in [5, 5.41) is -0.260. The fourth-order valence-electron chi connectivity index (χ4n) is 3.56. The molecule has 0 radical (unpaired) electrons. The Morgan fingerprint density at radius 2 is 1.87 bits per heavy atom. The van der Waals surface area contributed by atoms with Crippen LogP contribution < -0.4 is 4.72 Å². The number of rotatable bonds is 6. The number of nitrogens with zero attached hydrogens (tertiary/aromatic N) is 2. The first kappa shape index (κ1) is 22.8. The van der Waals surface area contributed by atoms with Crippen LogP contribution in [0.1, 0.15) is 39.2 Å². The van der Waals surface area contributed by atoms with Crippen molar-refractivity contribution < 1.29 is 22.8 Å². The number of likely N-dealkylation sites (tertiary alicyclic amines) is 1. The zero-order valence-electron chi connectivity index (χ0n) is 17.4. The number of amides is 3. The molecule has 2 fully saturated rings. The Kier molecular flexibility index (Phi) is 6.59. The molecule has 2 saturated heterocycles. The first-order valence-corrected chi connectivity index (χ1v) is 12.3. The standard InChI is InChI=1S/C20H27N3O5S2/c1-20(2,3)14-4-6-16(7-5-14)30(27,28)21-10-8-17(24)22-11-9-15(12-22)23-18(25)13-29-19(23)26/h4-7,15,21H,8-13H2,1-3H3. The number of benzene rings is 1. The van der Waals surface area contributed by atoms with Crippen molar-refractivity contribution in [3.63, 3.8) is 0 Å². The molecule has 2 heterocycles. The third kappa shape index (κ3) is 5.04. The molecule has 1 unspecified atom stereocenters. The SMILES string of the molecule is CC(C)(C)c1ccc(S(=O)(=O)NCCC(=O)N2CCC(N3C(=O)CSC3=O)C2)cc1. The summed E-state index contributed by atoms with van der Waals surface area (Å²) in [6, 6.07) is 6.43. The van der Waals surface area contributed by atoms with Gasteiger partial charge in [-0.15, -0.1) is 0 Å². The van der Waals surface area contributed by atoms with Crippen molar-refractivity contribution in [3.05, 3.63) is 29.8 Å². The zero-order valence-corrected chi connectivity index (χ0v) is 19.0. The molecule has 8 nitrogen and oxygen atoms in total. The minimum atomic E-state index is -3.70. The van der Waals surface area contributed by atoms with Crippen LogP contribution in [0.3, 0.4) is 0 Å². The van der Waals surface area contributed by atoms with E-state index in [0.29, 0.717) is 19.5 Å². The molecule has 0 saturated carbocycles. The summed E-state index contributed by atoms with van der Waals surface area (Å²) >= 11 is 0.984. The van der Waals surface area contributed by atoms with E-state index >= 15 is 0 Å². The zero-order chi connectivity index (χ0) is 22.1. The van der Waals surface area contributed by atoms with Crippen LogP contribution >= 0.6 is 11.8 Å². The van der Waals surface area contributed by atoms with Crippen LogP contribution in [0.5, 0.6) is 0 Å². The molecule has 0 aliphatic carbocycles. The van der Waals surface area contributed by atoms with Gasteiger partial charge >= 0.3 is 0 Å². The molecule has 30 heavy (non-hydrogen) atoms. The summed E-state index contributed by atoms with van der Waals surface area (Å²) in [6.07, 6.45) is 0.568. The fraction of sp³-hybridized carbons (Fsp3) is 0.550. The van der Waals surface area contributed by atoms with E-state index in [2.05, 4.69) is 25.5 Å². The average molecular weight is 454 g/mol. The number of nitrogens with one attached hydrogen (secondary N) is 1. The summed E-state index contributed by atoms with van der Waals surface area (Å²) in [7, 11) is -3.70. The Morgan fingerprint density at radius 3 is 2.43 bits per heavy atom. The summed E-state index contributed by atoms with van der Waals surface area (Å²) in [6.45, 7) is 6.90. The maximum Gasteiger partial charge on any atom is 0.289 e. The van der Waals surface area contributed by atoms with E-state index in [-0.39, 0.29) is 52.1 Å². The molecule has 3 amide bonds. The number of hydrogen-bond donors (Lipinski definition) is 1. The molecule has 2 aliphatic rings. The monoisotopic (exact) mass is 453 g/mol. The number of carbonyl (C=O) groups is 3. The Morgan fingerprint density at radius 1 is 1.20 bits per heavy atom. The van der Waals surface area contributed by atoms with E-state index in [1.54, 1.807) is 29.2 Å².